The molecule has 0 bridgehead atoms. The number of halogens is 6. The lowest BCUT2D eigenvalue weighted by atomic mass is 10.1. The smallest absolute Gasteiger partial charge is 0.321 e. The largest absolute Gasteiger partial charge is 0.416 e. The molecule has 0 aliphatic heterocycles. The van der Waals surface area contributed by atoms with Gasteiger partial charge in [0.2, 0.25) is 0 Å². The molecule has 0 radical (unpaired) electrons. The molecule has 1 amide bonds. The van der Waals surface area contributed by atoms with Gasteiger partial charge in [-0.05, 0) is 44.4 Å². The summed E-state index contributed by atoms with van der Waals surface area (Å²) in [6.45, 7) is 0.268. The fraction of sp³-hybridized carbons (Fsp3) is 0.263. The summed E-state index contributed by atoms with van der Waals surface area (Å²) in [7, 11) is 3.48. The second-order valence-corrected chi connectivity index (χ2v) is 6.82. The van der Waals surface area contributed by atoms with Gasteiger partial charge in [-0.25, -0.2) is 4.98 Å². The van der Waals surface area contributed by atoms with Gasteiger partial charge in [0.15, 0.2) is 5.69 Å². The van der Waals surface area contributed by atoms with Crippen molar-refractivity contribution in [3.05, 3.63) is 65.1 Å². The van der Waals surface area contributed by atoms with Crippen LogP contribution in [0.5, 0.6) is 0 Å². The highest BCUT2D eigenvalue weighted by molar-refractivity contribution is 6.04. The Hall–Kier alpha value is -3.08. The van der Waals surface area contributed by atoms with Crippen molar-refractivity contribution >= 4 is 17.2 Å². The maximum atomic E-state index is 13.0. The fourth-order valence-corrected chi connectivity index (χ4v) is 2.90. The van der Waals surface area contributed by atoms with Crippen molar-refractivity contribution in [2.24, 2.45) is 0 Å². The number of fused-ring (bicyclic) bond motifs is 1. The monoisotopic (exact) mass is 430 g/mol. The van der Waals surface area contributed by atoms with Crippen LogP contribution in [-0.2, 0) is 18.9 Å². The molecular formula is C19H16F6N4O. The van der Waals surface area contributed by atoms with Gasteiger partial charge in [0.1, 0.15) is 5.65 Å². The Morgan fingerprint density at radius 2 is 1.63 bits per heavy atom. The highest BCUT2D eigenvalue weighted by atomic mass is 19.4. The number of hydrogen-bond donors (Lipinski definition) is 1. The fourth-order valence-electron chi connectivity index (χ4n) is 2.90. The molecule has 2 aromatic heterocycles. The molecule has 0 spiro atoms. The molecule has 0 unspecified atom stereocenters. The average molecular weight is 430 g/mol. The number of benzene rings is 1. The van der Waals surface area contributed by atoms with Crippen molar-refractivity contribution in [3.8, 4) is 0 Å². The third-order valence-electron chi connectivity index (χ3n) is 4.16. The number of imidazole rings is 1. The molecular weight excluding hydrogens is 414 g/mol. The minimum Gasteiger partial charge on any atom is -0.321 e. The van der Waals surface area contributed by atoms with Crippen LogP contribution in [-0.4, -0.2) is 34.3 Å². The van der Waals surface area contributed by atoms with Gasteiger partial charge in [-0.1, -0.05) is 6.07 Å². The lowest BCUT2D eigenvalue weighted by Gasteiger charge is -2.15. The number of aromatic nitrogens is 2. The van der Waals surface area contributed by atoms with Gasteiger partial charge in [-0.3, -0.25) is 4.79 Å². The van der Waals surface area contributed by atoms with E-state index in [9.17, 15) is 31.1 Å². The molecule has 5 nitrogen and oxygen atoms in total. The number of alkyl halides is 6. The van der Waals surface area contributed by atoms with E-state index in [0.29, 0.717) is 23.5 Å². The van der Waals surface area contributed by atoms with E-state index in [4.69, 9.17) is 0 Å². The lowest BCUT2D eigenvalue weighted by molar-refractivity contribution is -0.143. The Balaban J connectivity index is 2.04. The Morgan fingerprint density at radius 3 is 2.17 bits per heavy atom. The summed E-state index contributed by atoms with van der Waals surface area (Å²) in [6.07, 6.45) is -8.37. The summed E-state index contributed by atoms with van der Waals surface area (Å²) in [5.74, 6) is -0.914. The average Bonchev–Trinajstić information content (AvgIpc) is 2.98. The van der Waals surface area contributed by atoms with Gasteiger partial charge in [-0.2, -0.15) is 26.3 Å². The van der Waals surface area contributed by atoms with Crippen molar-refractivity contribution < 1.29 is 31.1 Å². The van der Waals surface area contributed by atoms with Crippen LogP contribution in [0.2, 0.25) is 0 Å². The molecule has 0 saturated carbocycles. The maximum absolute atomic E-state index is 13.0. The van der Waals surface area contributed by atoms with Gasteiger partial charge in [-0.15, -0.1) is 0 Å². The Bertz CT molecular complexity index is 1050. The van der Waals surface area contributed by atoms with E-state index in [1.54, 1.807) is 47.8 Å². The second-order valence-electron chi connectivity index (χ2n) is 6.82. The molecule has 3 aromatic rings. The maximum Gasteiger partial charge on any atom is 0.416 e. The van der Waals surface area contributed by atoms with Crippen LogP contribution >= 0.6 is 0 Å². The van der Waals surface area contributed by atoms with Gasteiger partial charge in [0.05, 0.1) is 16.8 Å². The third kappa shape index (κ3) is 4.56. The second kappa shape index (κ2) is 7.63. The van der Waals surface area contributed by atoms with Gasteiger partial charge < -0.3 is 14.6 Å². The number of rotatable bonds is 4. The number of nitrogens with zero attached hydrogens (tertiary/aromatic N) is 3. The highest BCUT2D eigenvalue weighted by Gasteiger charge is 2.37. The first-order chi connectivity index (χ1) is 13.9. The minimum atomic E-state index is -5.01. The Morgan fingerprint density at radius 1 is 1.03 bits per heavy atom. The molecule has 3 rings (SSSR count). The summed E-state index contributed by atoms with van der Waals surface area (Å²) in [5, 5.41) is 2.12. The zero-order valence-electron chi connectivity index (χ0n) is 15.8. The number of pyridine rings is 1. The third-order valence-corrected chi connectivity index (χ3v) is 4.16. The zero-order valence-corrected chi connectivity index (χ0v) is 15.8. The molecule has 0 aliphatic carbocycles. The van der Waals surface area contributed by atoms with E-state index < -0.39 is 35.1 Å². The van der Waals surface area contributed by atoms with Crippen molar-refractivity contribution in [2.45, 2.75) is 18.9 Å². The van der Waals surface area contributed by atoms with E-state index in [0.717, 1.165) is 0 Å². The van der Waals surface area contributed by atoms with Crippen molar-refractivity contribution in [3.63, 3.8) is 0 Å². The van der Waals surface area contributed by atoms with Crippen LogP contribution in [0.4, 0.5) is 32.0 Å². The first-order valence-electron chi connectivity index (χ1n) is 8.58. The van der Waals surface area contributed by atoms with E-state index in [2.05, 4.69) is 10.3 Å². The van der Waals surface area contributed by atoms with Gasteiger partial charge >= 0.3 is 12.4 Å². The van der Waals surface area contributed by atoms with Crippen LogP contribution in [0, 0.1) is 0 Å². The SMILES string of the molecule is CN(C)Cc1c(C(=O)Nc2cc(C(F)(F)F)cc(C(F)(F)F)c2)nc2ccccn12. The van der Waals surface area contributed by atoms with E-state index in [1.807, 2.05) is 0 Å². The van der Waals surface area contributed by atoms with Crippen LogP contribution in [0.15, 0.2) is 42.6 Å². The molecule has 0 atom stereocenters. The van der Waals surface area contributed by atoms with E-state index in [1.165, 1.54) is 0 Å². The van der Waals surface area contributed by atoms with Gasteiger partial charge in [0, 0.05) is 18.4 Å². The highest BCUT2D eigenvalue weighted by Crippen LogP contribution is 2.37. The lowest BCUT2D eigenvalue weighted by Crippen LogP contribution is -2.20. The summed E-state index contributed by atoms with van der Waals surface area (Å²) >= 11 is 0. The Kier molecular flexibility index (Phi) is 5.50. The molecule has 0 fully saturated rings. The number of hydrogen-bond acceptors (Lipinski definition) is 3. The first kappa shape index (κ1) is 21.6. The molecule has 2 heterocycles. The molecule has 1 N–H and O–H groups in total. The van der Waals surface area contributed by atoms with Crippen LogP contribution in [0.1, 0.15) is 27.3 Å². The number of carbonyl (C=O) groups is 1. The topological polar surface area (TPSA) is 49.6 Å². The van der Waals surface area contributed by atoms with Crippen LogP contribution in [0.25, 0.3) is 5.65 Å². The van der Waals surface area contributed by atoms with Crippen molar-refractivity contribution in [1.82, 2.24) is 14.3 Å². The number of carbonyl (C=O) groups excluding carboxylic acids is 1. The van der Waals surface area contributed by atoms with E-state index in [-0.39, 0.29) is 18.3 Å². The quantitative estimate of drug-likeness (QED) is 0.612. The summed E-state index contributed by atoms with van der Waals surface area (Å²) in [6, 6.07) is 5.92. The van der Waals surface area contributed by atoms with Crippen LogP contribution < -0.4 is 5.32 Å². The van der Waals surface area contributed by atoms with E-state index >= 15 is 0 Å². The number of amides is 1. The van der Waals surface area contributed by atoms with Crippen LogP contribution in [0.3, 0.4) is 0 Å². The number of nitrogens with one attached hydrogen (secondary N) is 1. The summed E-state index contributed by atoms with van der Waals surface area (Å²) in [4.78, 5) is 18.7. The summed E-state index contributed by atoms with van der Waals surface area (Å²) in [5.41, 5.74) is -2.90. The Labute approximate surface area is 166 Å². The number of anilines is 1. The van der Waals surface area contributed by atoms with Gasteiger partial charge in [0.25, 0.3) is 5.91 Å². The zero-order chi connectivity index (χ0) is 22.3. The van der Waals surface area contributed by atoms with Crippen molar-refractivity contribution in [2.75, 3.05) is 19.4 Å². The predicted molar refractivity (Wildman–Crippen MR) is 97.0 cm³/mol. The minimum absolute atomic E-state index is 0.00194. The molecule has 0 saturated heterocycles. The molecule has 1 aromatic carbocycles. The normalized spacial score (nSPS) is 12.6. The first-order valence-corrected chi connectivity index (χ1v) is 8.58. The molecule has 30 heavy (non-hydrogen) atoms. The molecule has 0 aliphatic rings. The molecule has 11 heteroatoms. The molecule has 160 valence electrons. The standard InChI is InChI=1S/C19H16F6N4O/c1-28(2)10-14-16(27-15-5-3-4-6-29(14)15)17(30)26-13-8-11(18(20,21)22)7-12(9-13)19(23,24)25/h3-9H,10H2,1-2H3,(H,26,30). The predicted octanol–water partition coefficient (Wildman–Crippen LogP) is 4.69. The summed E-state index contributed by atoms with van der Waals surface area (Å²) < 4.78 is 79.9. The van der Waals surface area contributed by atoms with Crippen molar-refractivity contribution in [1.29, 1.82) is 0 Å².